The zero-order valence-electron chi connectivity index (χ0n) is 11.2. The summed E-state index contributed by atoms with van der Waals surface area (Å²) in [4.78, 5) is 14.0. The lowest BCUT2D eigenvalue weighted by Gasteiger charge is -2.38. The van der Waals surface area contributed by atoms with Crippen LogP contribution >= 0.6 is 0 Å². The van der Waals surface area contributed by atoms with Gasteiger partial charge in [-0.3, -0.25) is 4.79 Å². The maximum absolute atomic E-state index is 12.0. The molecule has 0 aromatic carbocycles. The molecule has 0 bridgehead atoms. The first-order valence-corrected chi connectivity index (χ1v) is 6.46. The van der Waals surface area contributed by atoms with Crippen molar-refractivity contribution in [3.8, 4) is 0 Å². The fourth-order valence-electron chi connectivity index (χ4n) is 2.15. The molecule has 1 N–H and O–H groups in total. The molecule has 94 valence electrons. The molecule has 1 aliphatic rings. The Hall–Kier alpha value is -0.570. The lowest BCUT2D eigenvalue weighted by atomic mass is 9.84. The van der Waals surface area contributed by atoms with Gasteiger partial charge in [-0.1, -0.05) is 20.8 Å². The fraction of sp³-hybridized carbons (Fsp3) is 0.923. The van der Waals surface area contributed by atoms with Crippen molar-refractivity contribution in [3.05, 3.63) is 0 Å². The van der Waals surface area contributed by atoms with E-state index >= 15 is 0 Å². The number of amides is 1. The van der Waals surface area contributed by atoms with E-state index in [2.05, 4.69) is 33.0 Å². The van der Waals surface area contributed by atoms with Crippen molar-refractivity contribution in [2.45, 2.75) is 53.0 Å². The van der Waals surface area contributed by atoms with E-state index in [1.54, 1.807) is 0 Å². The van der Waals surface area contributed by atoms with Gasteiger partial charge in [-0.05, 0) is 31.6 Å². The molecule has 0 aromatic rings. The predicted octanol–water partition coefficient (Wildman–Crippen LogP) is 2.02. The summed E-state index contributed by atoms with van der Waals surface area (Å²) in [5, 5.41) is 3.27. The molecule has 16 heavy (non-hydrogen) atoms. The highest BCUT2D eigenvalue weighted by Crippen LogP contribution is 2.28. The van der Waals surface area contributed by atoms with E-state index < -0.39 is 0 Å². The monoisotopic (exact) mass is 226 g/mol. The predicted molar refractivity (Wildman–Crippen MR) is 67.4 cm³/mol. The molecule has 0 aromatic heterocycles. The SMILES string of the molecule is CCC(C)NCC(=O)N1CCCC(C)(C)C1. The molecule has 3 nitrogen and oxygen atoms in total. The second-order valence-corrected chi connectivity index (χ2v) is 5.77. The highest BCUT2D eigenvalue weighted by Gasteiger charge is 2.28. The first-order chi connectivity index (χ1) is 7.44. The van der Waals surface area contributed by atoms with Gasteiger partial charge in [0.2, 0.25) is 5.91 Å². The van der Waals surface area contributed by atoms with Crippen molar-refractivity contribution in [2.75, 3.05) is 19.6 Å². The van der Waals surface area contributed by atoms with Crippen LogP contribution in [0.4, 0.5) is 0 Å². The van der Waals surface area contributed by atoms with Crippen LogP contribution in [0.3, 0.4) is 0 Å². The van der Waals surface area contributed by atoms with E-state index in [1.165, 1.54) is 6.42 Å². The minimum atomic E-state index is 0.257. The van der Waals surface area contributed by atoms with Crippen LogP contribution < -0.4 is 5.32 Å². The summed E-state index contributed by atoms with van der Waals surface area (Å²) >= 11 is 0. The molecule has 1 unspecified atom stereocenters. The lowest BCUT2D eigenvalue weighted by Crippen LogP contribution is -2.47. The normalized spacial score (nSPS) is 21.9. The number of carbonyl (C=O) groups excluding carboxylic acids is 1. The quantitative estimate of drug-likeness (QED) is 0.795. The number of hydrogen-bond donors (Lipinski definition) is 1. The minimum Gasteiger partial charge on any atom is -0.341 e. The van der Waals surface area contributed by atoms with Gasteiger partial charge in [-0.15, -0.1) is 0 Å². The van der Waals surface area contributed by atoms with Crippen LogP contribution in [0.25, 0.3) is 0 Å². The lowest BCUT2D eigenvalue weighted by molar-refractivity contribution is -0.133. The van der Waals surface area contributed by atoms with Crippen molar-refractivity contribution < 1.29 is 4.79 Å². The molecule has 1 saturated heterocycles. The van der Waals surface area contributed by atoms with Crippen molar-refractivity contribution in [1.82, 2.24) is 10.2 Å². The number of nitrogens with zero attached hydrogens (tertiary/aromatic N) is 1. The standard InChI is InChI=1S/C13H26N2O/c1-5-11(2)14-9-12(16)15-8-6-7-13(3,4)10-15/h11,14H,5-10H2,1-4H3. The average Bonchev–Trinajstić information content (AvgIpc) is 2.23. The molecule has 1 fully saturated rings. The molecule has 1 amide bonds. The number of rotatable bonds is 4. The van der Waals surface area contributed by atoms with Gasteiger partial charge in [0.05, 0.1) is 6.54 Å². The fourth-order valence-corrected chi connectivity index (χ4v) is 2.15. The number of likely N-dealkylation sites (tertiary alicyclic amines) is 1. The highest BCUT2D eigenvalue weighted by molar-refractivity contribution is 5.78. The maximum atomic E-state index is 12.0. The van der Waals surface area contributed by atoms with Crippen molar-refractivity contribution in [1.29, 1.82) is 0 Å². The van der Waals surface area contributed by atoms with Gasteiger partial charge in [0, 0.05) is 19.1 Å². The summed E-state index contributed by atoms with van der Waals surface area (Å²) in [6, 6.07) is 0.432. The topological polar surface area (TPSA) is 32.3 Å². The average molecular weight is 226 g/mol. The minimum absolute atomic E-state index is 0.257. The van der Waals surface area contributed by atoms with Crippen molar-refractivity contribution in [2.24, 2.45) is 5.41 Å². The van der Waals surface area contributed by atoms with Gasteiger partial charge >= 0.3 is 0 Å². The summed E-state index contributed by atoms with van der Waals surface area (Å²) in [7, 11) is 0. The smallest absolute Gasteiger partial charge is 0.236 e. The van der Waals surface area contributed by atoms with E-state index in [-0.39, 0.29) is 5.91 Å². The summed E-state index contributed by atoms with van der Waals surface area (Å²) in [6.45, 7) is 11.1. The first kappa shape index (κ1) is 13.5. The van der Waals surface area contributed by atoms with E-state index in [0.29, 0.717) is 18.0 Å². The van der Waals surface area contributed by atoms with Crippen molar-refractivity contribution in [3.63, 3.8) is 0 Å². The molecule has 0 aliphatic carbocycles. The molecule has 0 radical (unpaired) electrons. The Balaban J connectivity index is 2.36. The van der Waals surface area contributed by atoms with Crippen LogP contribution in [-0.4, -0.2) is 36.5 Å². The van der Waals surface area contributed by atoms with E-state index in [4.69, 9.17) is 0 Å². The molecular formula is C13H26N2O. The molecule has 3 heteroatoms. The first-order valence-electron chi connectivity index (χ1n) is 6.46. The number of piperidine rings is 1. The third-order valence-corrected chi connectivity index (χ3v) is 3.47. The second-order valence-electron chi connectivity index (χ2n) is 5.77. The summed E-state index contributed by atoms with van der Waals surface area (Å²) in [5.74, 6) is 0.257. The molecule has 1 rings (SSSR count). The molecule has 1 atom stereocenters. The zero-order valence-corrected chi connectivity index (χ0v) is 11.2. The van der Waals surface area contributed by atoms with Crippen LogP contribution in [-0.2, 0) is 4.79 Å². The third kappa shape index (κ3) is 4.12. The molecule has 1 heterocycles. The largest absolute Gasteiger partial charge is 0.341 e. The highest BCUT2D eigenvalue weighted by atomic mass is 16.2. The van der Waals surface area contributed by atoms with Crippen LogP contribution in [0.15, 0.2) is 0 Å². The van der Waals surface area contributed by atoms with Crippen molar-refractivity contribution >= 4 is 5.91 Å². The third-order valence-electron chi connectivity index (χ3n) is 3.47. The van der Waals surface area contributed by atoms with E-state index in [0.717, 1.165) is 25.9 Å². The second kappa shape index (κ2) is 5.67. The Bertz CT molecular complexity index is 238. The Kier molecular flexibility index (Phi) is 4.78. The van der Waals surface area contributed by atoms with Gasteiger partial charge in [-0.2, -0.15) is 0 Å². The summed E-state index contributed by atoms with van der Waals surface area (Å²) < 4.78 is 0. The molecule has 1 aliphatic heterocycles. The Morgan fingerprint density at radius 2 is 2.19 bits per heavy atom. The number of nitrogens with one attached hydrogen (secondary N) is 1. The molecule has 0 spiro atoms. The van der Waals surface area contributed by atoms with E-state index in [1.807, 2.05) is 4.90 Å². The summed E-state index contributed by atoms with van der Waals surface area (Å²) in [6.07, 6.45) is 3.44. The zero-order chi connectivity index (χ0) is 12.2. The van der Waals surface area contributed by atoms with Crippen LogP contribution in [0.2, 0.25) is 0 Å². The van der Waals surface area contributed by atoms with Crippen LogP contribution in [0, 0.1) is 5.41 Å². The molecule has 0 saturated carbocycles. The Morgan fingerprint density at radius 1 is 1.50 bits per heavy atom. The van der Waals surface area contributed by atoms with Gasteiger partial charge in [-0.25, -0.2) is 0 Å². The Labute approximate surface area is 99.6 Å². The van der Waals surface area contributed by atoms with Crippen LogP contribution in [0.1, 0.15) is 47.0 Å². The van der Waals surface area contributed by atoms with Gasteiger partial charge in [0.15, 0.2) is 0 Å². The van der Waals surface area contributed by atoms with Gasteiger partial charge in [0.25, 0.3) is 0 Å². The number of hydrogen-bond acceptors (Lipinski definition) is 2. The van der Waals surface area contributed by atoms with Gasteiger partial charge < -0.3 is 10.2 Å². The Morgan fingerprint density at radius 3 is 2.75 bits per heavy atom. The van der Waals surface area contributed by atoms with E-state index in [9.17, 15) is 4.79 Å². The van der Waals surface area contributed by atoms with Crippen LogP contribution in [0.5, 0.6) is 0 Å². The number of carbonyl (C=O) groups is 1. The van der Waals surface area contributed by atoms with Gasteiger partial charge in [0.1, 0.15) is 0 Å². The summed E-state index contributed by atoms with van der Waals surface area (Å²) in [5.41, 5.74) is 0.296. The maximum Gasteiger partial charge on any atom is 0.236 e. The molecular weight excluding hydrogens is 200 g/mol.